The second-order valence-corrected chi connectivity index (χ2v) is 5.24. The molecule has 0 aliphatic heterocycles. The summed E-state index contributed by atoms with van der Waals surface area (Å²) in [5, 5.41) is 9.09. The zero-order valence-electron chi connectivity index (χ0n) is 13.0. The van der Waals surface area contributed by atoms with E-state index >= 15 is 0 Å². The van der Waals surface area contributed by atoms with Crippen molar-refractivity contribution in [2.45, 2.75) is 32.7 Å². The number of benzene rings is 1. The average Bonchev–Trinajstić information content (AvgIpc) is 2.40. The van der Waals surface area contributed by atoms with Crippen molar-refractivity contribution in [3.05, 3.63) is 29.8 Å². The van der Waals surface area contributed by atoms with Gasteiger partial charge in [0.05, 0.1) is 6.42 Å². The summed E-state index contributed by atoms with van der Waals surface area (Å²) in [5.41, 5.74) is 2.35. The van der Waals surface area contributed by atoms with Gasteiger partial charge in [-0.05, 0) is 37.2 Å². The summed E-state index contributed by atoms with van der Waals surface area (Å²) >= 11 is 0. The molecule has 4 nitrogen and oxygen atoms in total. The van der Waals surface area contributed by atoms with Crippen LogP contribution in [0.2, 0.25) is 0 Å². The van der Waals surface area contributed by atoms with Gasteiger partial charge in [0.15, 0.2) is 0 Å². The minimum absolute atomic E-state index is 0.0627. The van der Waals surface area contributed by atoms with Crippen molar-refractivity contribution in [3.8, 4) is 0 Å². The molecule has 1 unspecified atom stereocenters. The van der Waals surface area contributed by atoms with Crippen molar-refractivity contribution in [2.75, 3.05) is 32.1 Å². The van der Waals surface area contributed by atoms with Gasteiger partial charge in [0.2, 0.25) is 0 Å². The van der Waals surface area contributed by atoms with Gasteiger partial charge in [-0.1, -0.05) is 26.0 Å². The lowest BCUT2D eigenvalue weighted by atomic mass is 10.0. The van der Waals surface area contributed by atoms with Crippen LogP contribution in [0.25, 0.3) is 0 Å². The van der Waals surface area contributed by atoms with E-state index in [1.54, 1.807) is 0 Å². The Morgan fingerprint density at radius 3 is 2.10 bits per heavy atom. The Labute approximate surface area is 122 Å². The molecule has 1 aromatic carbocycles. The first-order valence-electron chi connectivity index (χ1n) is 7.20. The molecule has 112 valence electrons. The van der Waals surface area contributed by atoms with Gasteiger partial charge in [-0.2, -0.15) is 0 Å². The summed E-state index contributed by atoms with van der Waals surface area (Å²) in [7, 11) is 4.02. The van der Waals surface area contributed by atoms with Crippen molar-refractivity contribution in [3.63, 3.8) is 0 Å². The van der Waals surface area contributed by atoms with Gasteiger partial charge < -0.3 is 14.9 Å². The maximum atomic E-state index is 11.0. The third-order valence-electron chi connectivity index (χ3n) is 3.66. The van der Waals surface area contributed by atoms with Crippen molar-refractivity contribution < 1.29 is 9.90 Å². The van der Waals surface area contributed by atoms with Gasteiger partial charge in [0, 0.05) is 25.8 Å². The van der Waals surface area contributed by atoms with Crippen LogP contribution in [-0.2, 0) is 11.2 Å². The van der Waals surface area contributed by atoms with Crippen LogP contribution in [0, 0.1) is 0 Å². The summed E-state index contributed by atoms with van der Waals surface area (Å²) < 4.78 is 0. The first kappa shape index (κ1) is 16.5. The van der Waals surface area contributed by atoms with Gasteiger partial charge in [0.1, 0.15) is 0 Å². The predicted octanol–water partition coefficient (Wildman–Crippen LogP) is 2.48. The molecular weight excluding hydrogens is 252 g/mol. The second kappa shape index (κ2) is 7.90. The summed E-state index contributed by atoms with van der Waals surface area (Å²) in [6.45, 7) is 5.91. The normalized spacial score (nSPS) is 12.4. The van der Waals surface area contributed by atoms with Gasteiger partial charge in [-0.15, -0.1) is 0 Å². The minimum atomic E-state index is -0.730. The minimum Gasteiger partial charge on any atom is -0.481 e. The predicted molar refractivity (Wildman–Crippen MR) is 83.4 cm³/mol. The molecule has 20 heavy (non-hydrogen) atoms. The van der Waals surface area contributed by atoms with Crippen LogP contribution in [0.5, 0.6) is 0 Å². The van der Waals surface area contributed by atoms with Crippen molar-refractivity contribution in [2.24, 2.45) is 0 Å². The van der Waals surface area contributed by atoms with Gasteiger partial charge in [-0.25, -0.2) is 0 Å². The van der Waals surface area contributed by atoms with E-state index in [2.05, 4.69) is 47.9 Å². The van der Waals surface area contributed by atoms with Crippen molar-refractivity contribution in [1.82, 2.24) is 4.90 Å². The van der Waals surface area contributed by atoms with E-state index in [1.807, 2.05) is 14.1 Å². The van der Waals surface area contributed by atoms with Gasteiger partial charge in [0.25, 0.3) is 0 Å². The van der Waals surface area contributed by atoms with Crippen LogP contribution in [0.1, 0.15) is 25.8 Å². The van der Waals surface area contributed by atoms with Crippen molar-refractivity contribution in [1.29, 1.82) is 0 Å². The molecule has 0 saturated carbocycles. The van der Waals surface area contributed by atoms with E-state index in [0.29, 0.717) is 0 Å². The Morgan fingerprint density at radius 2 is 1.70 bits per heavy atom. The number of rotatable bonds is 8. The Balaban J connectivity index is 2.80. The molecule has 0 fully saturated rings. The third-order valence-corrected chi connectivity index (χ3v) is 3.66. The SMILES string of the molecule is CCN(CC)C(CC(=O)O)Cc1ccc(N(C)C)cc1. The van der Waals surface area contributed by atoms with Crippen LogP contribution in [0.4, 0.5) is 5.69 Å². The second-order valence-electron chi connectivity index (χ2n) is 5.24. The number of carbonyl (C=O) groups is 1. The average molecular weight is 278 g/mol. The van der Waals surface area contributed by atoms with Crippen LogP contribution in [0.3, 0.4) is 0 Å². The molecule has 1 atom stereocenters. The van der Waals surface area contributed by atoms with Crippen LogP contribution in [-0.4, -0.2) is 49.2 Å². The summed E-state index contributed by atoms with van der Waals surface area (Å²) in [6.07, 6.45) is 0.971. The standard InChI is InChI=1S/C16H26N2O2/c1-5-18(6-2)15(12-16(19)20)11-13-7-9-14(10-8-13)17(3)4/h7-10,15H,5-6,11-12H2,1-4H3,(H,19,20). The van der Waals surface area contributed by atoms with E-state index < -0.39 is 5.97 Å². The zero-order chi connectivity index (χ0) is 15.1. The number of nitrogens with zero attached hydrogens (tertiary/aromatic N) is 2. The molecule has 1 aromatic rings. The summed E-state index contributed by atoms with van der Waals surface area (Å²) in [6, 6.07) is 8.40. The molecule has 0 aliphatic rings. The fraction of sp³-hybridized carbons (Fsp3) is 0.562. The van der Waals surface area contributed by atoms with Crippen LogP contribution < -0.4 is 4.90 Å². The molecule has 4 heteroatoms. The van der Waals surface area contributed by atoms with E-state index in [1.165, 1.54) is 5.56 Å². The smallest absolute Gasteiger partial charge is 0.304 e. The fourth-order valence-electron chi connectivity index (χ4n) is 2.47. The van der Waals surface area contributed by atoms with E-state index in [4.69, 9.17) is 5.11 Å². The van der Waals surface area contributed by atoms with Gasteiger partial charge >= 0.3 is 5.97 Å². The van der Waals surface area contributed by atoms with Crippen LogP contribution >= 0.6 is 0 Å². The van der Waals surface area contributed by atoms with Gasteiger partial charge in [-0.3, -0.25) is 4.79 Å². The highest BCUT2D eigenvalue weighted by Gasteiger charge is 2.19. The summed E-state index contributed by atoms with van der Waals surface area (Å²) in [5.74, 6) is -0.730. The summed E-state index contributed by atoms with van der Waals surface area (Å²) in [4.78, 5) is 15.3. The molecule has 0 aromatic heterocycles. The lowest BCUT2D eigenvalue weighted by Crippen LogP contribution is -2.38. The zero-order valence-corrected chi connectivity index (χ0v) is 13.0. The topological polar surface area (TPSA) is 43.8 Å². The Morgan fingerprint density at radius 1 is 1.15 bits per heavy atom. The third kappa shape index (κ3) is 4.85. The maximum Gasteiger partial charge on any atom is 0.304 e. The highest BCUT2D eigenvalue weighted by atomic mass is 16.4. The molecule has 0 bridgehead atoms. The number of hydrogen-bond donors (Lipinski definition) is 1. The molecule has 0 aliphatic carbocycles. The lowest BCUT2D eigenvalue weighted by Gasteiger charge is -2.28. The monoisotopic (exact) mass is 278 g/mol. The number of hydrogen-bond acceptors (Lipinski definition) is 3. The Bertz CT molecular complexity index is 411. The maximum absolute atomic E-state index is 11.0. The Kier molecular flexibility index (Phi) is 6.52. The number of carboxylic acids is 1. The fourth-order valence-corrected chi connectivity index (χ4v) is 2.47. The first-order chi connectivity index (χ1) is 9.47. The molecule has 1 rings (SSSR count). The molecule has 0 heterocycles. The number of aliphatic carboxylic acids is 1. The van der Waals surface area contributed by atoms with E-state index in [-0.39, 0.29) is 12.5 Å². The van der Waals surface area contributed by atoms with E-state index in [9.17, 15) is 4.79 Å². The highest BCUT2D eigenvalue weighted by molar-refractivity contribution is 5.67. The van der Waals surface area contributed by atoms with Crippen molar-refractivity contribution >= 4 is 11.7 Å². The lowest BCUT2D eigenvalue weighted by molar-refractivity contribution is -0.138. The Hall–Kier alpha value is -1.55. The molecule has 0 radical (unpaired) electrons. The molecule has 0 saturated heterocycles. The van der Waals surface area contributed by atoms with E-state index in [0.717, 1.165) is 25.2 Å². The number of carboxylic acid groups (broad SMARTS) is 1. The molecule has 0 spiro atoms. The number of likely N-dealkylation sites (N-methyl/N-ethyl adjacent to an activating group) is 1. The highest BCUT2D eigenvalue weighted by Crippen LogP contribution is 2.16. The molecular formula is C16H26N2O2. The quantitative estimate of drug-likeness (QED) is 0.793. The number of anilines is 1. The largest absolute Gasteiger partial charge is 0.481 e. The molecule has 1 N–H and O–H groups in total. The molecule has 0 amide bonds. The first-order valence-corrected chi connectivity index (χ1v) is 7.20. The van der Waals surface area contributed by atoms with Crippen LogP contribution in [0.15, 0.2) is 24.3 Å².